The first-order valence-electron chi connectivity index (χ1n) is 5.42. The summed E-state index contributed by atoms with van der Waals surface area (Å²) in [6.07, 6.45) is 0. The first-order chi connectivity index (χ1) is 8.15. The molecular weight excluding hydrogens is 238 g/mol. The molecular formula is C12H13NO3S. The molecule has 0 fully saturated rings. The van der Waals surface area contributed by atoms with Crippen LogP contribution in [0.15, 0.2) is 28.7 Å². The number of nitrogens with zero attached hydrogens (tertiary/aromatic N) is 1. The summed E-state index contributed by atoms with van der Waals surface area (Å²) < 4.78 is 12.1. The highest BCUT2D eigenvalue weighted by atomic mass is 32.1. The monoisotopic (exact) mass is 251 g/mol. The predicted octanol–water partition coefficient (Wildman–Crippen LogP) is 3.09. The number of esters is 1. The summed E-state index contributed by atoms with van der Waals surface area (Å²) in [5, 5.41) is 0. The fraction of sp³-hybridized carbons (Fsp3) is 0.333. The van der Waals surface area contributed by atoms with Crippen LogP contribution in [0.2, 0.25) is 0 Å². The van der Waals surface area contributed by atoms with Crippen LogP contribution in [0, 0.1) is 4.84 Å². The quantitative estimate of drug-likeness (QED) is 0.621. The average molecular weight is 251 g/mol. The van der Waals surface area contributed by atoms with Crippen LogP contribution in [0.5, 0.6) is 0 Å². The molecule has 0 aliphatic carbocycles. The Labute approximate surface area is 104 Å². The van der Waals surface area contributed by atoms with Gasteiger partial charge in [0.05, 0.1) is 12.1 Å². The number of ether oxygens (including phenoxy) is 1. The van der Waals surface area contributed by atoms with E-state index in [-0.39, 0.29) is 10.8 Å². The van der Waals surface area contributed by atoms with E-state index in [4.69, 9.17) is 21.4 Å². The lowest BCUT2D eigenvalue weighted by Crippen LogP contribution is -2.19. The molecule has 90 valence electrons. The number of oxazole rings is 1. The van der Waals surface area contributed by atoms with Gasteiger partial charge >= 0.3 is 5.97 Å². The van der Waals surface area contributed by atoms with Crippen molar-refractivity contribution in [1.29, 1.82) is 0 Å². The number of carbonyl (C=O) groups excluding carboxylic acids is 1. The molecule has 2 rings (SSSR count). The van der Waals surface area contributed by atoms with E-state index in [1.165, 1.54) is 0 Å². The fourth-order valence-electron chi connectivity index (χ4n) is 1.72. The van der Waals surface area contributed by atoms with Gasteiger partial charge in [-0.25, -0.2) is 4.79 Å². The van der Waals surface area contributed by atoms with Gasteiger partial charge in [-0.15, -0.1) is 0 Å². The molecule has 1 aromatic carbocycles. The van der Waals surface area contributed by atoms with Gasteiger partial charge < -0.3 is 9.15 Å². The van der Waals surface area contributed by atoms with E-state index in [9.17, 15) is 4.79 Å². The van der Waals surface area contributed by atoms with E-state index in [1.54, 1.807) is 18.4 Å². The molecule has 0 radical (unpaired) electrons. The molecule has 0 saturated heterocycles. The van der Waals surface area contributed by atoms with Crippen molar-refractivity contribution >= 4 is 29.3 Å². The van der Waals surface area contributed by atoms with Crippen LogP contribution in [0.1, 0.15) is 19.9 Å². The van der Waals surface area contributed by atoms with Crippen LogP contribution in [0.25, 0.3) is 11.1 Å². The van der Waals surface area contributed by atoms with E-state index >= 15 is 0 Å². The Morgan fingerprint density at radius 3 is 2.94 bits per heavy atom. The molecule has 2 aromatic rings. The molecule has 1 unspecified atom stereocenters. The van der Waals surface area contributed by atoms with Gasteiger partial charge in [0, 0.05) is 0 Å². The van der Waals surface area contributed by atoms with Crippen LogP contribution in [0.4, 0.5) is 0 Å². The number of fused-ring (bicyclic) bond motifs is 1. The van der Waals surface area contributed by atoms with Gasteiger partial charge in [-0.2, -0.15) is 0 Å². The smallest absolute Gasteiger partial charge is 0.328 e. The van der Waals surface area contributed by atoms with Crippen LogP contribution < -0.4 is 0 Å². The molecule has 0 saturated carbocycles. The number of carbonyl (C=O) groups is 1. The molecule has 4 nitrogen and oxygen atoms in total. The van der Waals surface area contributed by atoms with E-state index in [2.05, 4.69) is 0 Å². The highest BCUT2D eigenvalue weighted by Gasteiger charge is 2.20. The van der Waals surface area contributed by atoms with Crippen molar-refractivity contribution in [3.63, 3.8) is 0 Å². The molecule has 0 amide bonds. The fourth-order valence-corrected chi connectivity index (χ4v) is 2.07. The van der Waals surface area contributed by atoms with E-state index < -0.39 is 6.04 Å². The minimum absolute atomic E-state index is 0.284. The van der Waals surface area contributed by atoms with Crippen LogP contribution >= 0.6 is 12.2 Å². The molecule has 0 spiro atoms. The zero-order valence-electron chi connectivity index (χ0n) is 9.67. The average Bonchev–Trinajstić information content (AvgIpc) is 2.64. The zero-order chi connectivity index (χ0) is 12.4. The Balaban J connectivity index is 2.51. The van der Waals surface area contributed by atoms with E-state index in [0.29, 0.717) is 12.2 Å². The standard InChI is InChI=1S/C12H13NO3S/c1-3-15-11(14)8(2)13-9-6-4-5-7-10(9)16-12(13)17/h4-8H,3H2,1-2H3. The number of rotatable bonds is 3. The summed E-state index contributed by atoms with van der Waals surface area (Å²) in [5.74, 6) is -0.310. The Morgan fingerprint density at radius 2 is 2.24 bits per heavy atom. The Hall–Kier alpha value is -1.62. The molecule has 0 N–H and O–H groups in total. The van der Waals surface area contributed by atoms with E-state index in [0.717, 1.165) is 5.52 Å². The maximum atomic E-state index is 11.7. The second-order valence-electron chi connectivity index (χ2n) is 3.63. The van der Waals surface area contributed by atoms with Crippen molar-refractivity contribution in [3.8, 4) is 0 Å². The molecule has 0 aliphatic heterocycles. The van der Waals surface area contributed by atoms with Crippen molar-refractivity contribution < 1.29 is 13.9 Å². The molecule has 1 atom stereocenters. The van der Waals surface area contributed by atoms with Gasteiger partial charge in [0.15, 0.2) is 5.58 Å². The number of benzene rings is 1. The highest BCUT2D eigenvalue weighted by Crippen LogP contribution is 2.22. The first-order valence-corrected chi connectivity index (χ1v) is 5.82. The second-order valence-corrected chi connectivity index (χ2v) is 3.98. The van der Waals surface area contributed by atoms with Gasteiger partial charge in [-0.1, -0.05) is 12.1 Å². The van der Waals surface area contributed by atoms with Crippen molar-refractivity contribution in [1.82, 2.24) is 4.57 Å². The third kappa shape index (κ3) is 2.10. The summed E-state index contributed by atoms with van der Waals surface area (Å²) in [5.41, 5.74) is 1.48. The maximum absolute atomic E-state index is 11.7. The Morgan fingerprint density at radius 1 is 1.53 bits per heavy atom. The van der Waals surface area contributed by atoms with Crippen molar-refractivity contribution in [3.05, 3.63) is 29.1 Å². The normalized spacial score (nSPS) is 12.6. The summed E-state index contributed by atoms with van der Waals surface area (Å²) in [6, 6.07) is 6.94. The molecule has 5 heteroatoms. The third-order valence-corrected chi connectivity index (χ3v) is 2.81. The lowest BCUT2D eigenvalue weighted by Gasteiger charge is -2.11. The number of hydrogen-bond acceptors (Lipinski definition) is 4. The summed E-state index contributed by atoms with van der Waals surface area (Å²) in [7, 11) is 0. The SMILES string of the molecule is CCOC(=O)C(C)n1c(=S)oc2ccccc21. The van der Waals surface area contributed by atoms with Crippen LogP contribution in [-0.2, 0) is 9.53 Å². The van der Waals surface area contributed by atoms with Gasteiger partial charge in [-0.3, -0.25) is 4.57 Å². The second kappa shape index (κ2) is 4.71. The van der Waals surface area contributed by atoms with Crippen molar-refractivity contribution in [2.75, 3.05) is 6.61 Å². The highest BCUT2D eigenvalue weighted by molar-refractivity contribution is 7.71. The van der Waals surface area contributed by atoms with Gasteiger partial charge in [0.1, 0.15) is 6.04 Å². The molecule has 1 aromatic heterocycles. The molecule has 0 bridgehead atoms. The number of para-hydroxylation sites is 2. The Kier molecular flexibility index (Phi) is 3.28. The number of aromatic nitrogens is 1. The zero-order valence-corrected chi connectivity index (χ0v) is 10.5. The summed E-state index contributed by atoms with van der Waals surface area (Å²) in [6.45, 7) is 3.87. The predicted molar refractivity (Wildman–Crippen MR) is 66.4 cm³/mol. The minimum Gasteiger partial charge on any atom is -0.464 e. The van der Waals surface area contributed by atoms with Gasteiger partial charge in [0.2, 0.25) is 0 Å². The lowest BCUT2D eigenvalue weighted by atomic mass is 10.3. The third-order valence-electron chi connectivity index (χ3n) is 2.53. The Bertz CT molecular complexity index is 599. The van der Waals surface area contributed by atoms with Crippen molar-refractivity contribution in [2.45, 2.75) is 19.9 Å². The van der Waals surface area contributed by atoms with E-state index in [1.807, 2.05) is 24.3 Å². The molecule has 17 heavy (non-hydrogen) atoms. The number of hydrogen-bond donors (Lipinski definition) is 0. The lowest BCUT2D eigenvalue weighted by molar-refractivity contribution is -0.146. The first kappa shape index (κ1) is 11.9. The van der Waals surface area contributed by atoms with Gasteiger partial charge in [-0.05, 0) is 38.2 Å². The van der Waals surface area contributed by atoms with Gasteiger partial charge in [0.25, 0.3) is 4.84 Å². The van der Waals surface area contributed by atoms with Crippen molar-refractivity contribution in [2.24, 2.45) is 0 Å². The largest absolute Gasteiger partial charge is 0.464 e. The summed E-state index contributed by atoms with van der Waals surface area (Å²) >= 11 is 5.12. The van der Waals surface area contributed by atoms with Crippen LogP contribution in [0.3, 0.4) is 0 Å². The minimum atomic E-state index is -0.480. The summed E-state index contributed by atoms with van der Waals surface area (Å²) in [4.78, 5) is 12.0. The topological polar surface area (TPSA) is 44.4 Å². The maximum Gasteiger partial charge on any atom is 0.328 e. The molecule has 0 aliphatic rings. The van der Waals surface area contributed by atoms with Crippen LogP contribution in [-0.4, -0.2) is 17.1 Å². The molecule has 1 heterocycles.